The number of methoxy groups -OCH3 is 1. The second kappa shape index (κ2) is 8.51. The number of aromatic nitrogens is 1. The topological polar surface area (TPSA) is 92.9 Å². The molecule has 2 heterocycles. The number of Topliss-reactive ketones (excluding diaryl/α,β-unsaturated/α-hetero) is 1. The van der Waals surface area contributed by atoms with Crippen LogP contribution in [0.15, 0.2) is 69.2 Å². The number of benzene rings is 2. The van der Waals surface area contributed by atoms with Crippen molar-refractivity contribution in [1.82, 2.24) is 5.16 Å². The van der Waals surface area contributed by atoms with Crippen LogP contribution >= 0.6 is 15.9 Å². The van der Waals surface area contributed by atoms with Gasteiger partial charge in [0.2, 0.25) is 0 Å². The van der Waals surface area contributed by atoms with Crippen LogP contribution < -0.4 is 9.64 Å². The predicted molar refractivity (Wildman–Crippen MR) is 127 cm³/mol. The van der Waals surface area contributed by atoms with Crippen LogP contribution in [-0.4, -0.2) is 29.1 Å². The number of carbonyl (C=O) groups excluding carboxylic acids is 2. The van der Waals surface area contributed by atoms with Gasteiger partial charge < -0.3 is 14.4 Å². The number of halogens is 1. The van der Waals surface area contributed by atoms with Gasteiger partial charge in [0, 0.05) is 27.1 Å². The molecule has 0 radical (unpaired) electrons. The summed E-state index contributed by atoms with van der Waals surface area (Å²) in [7, 11) is 1.51. The average molecular weight is 511 g/mol. The summed E-state index contributed by atoms with van der Waals surface area (Å²) in [5.74, 6) is -0.682. The molecule has 8 heteroatoms. The molecule has 3 aromatic rings. The second-order valence-electron chi connectivity index (χ2n) is 8.72. The van der Waals surface area contributed by atoms with Gasteiger partial charge >= 0.3 is 5.91 Å². The smallest absolute Gasteiger partial charge is 0.301 e. The van der Waals surface area contributed by atoms with E-state index in [1.165, 1.54) is 12.0 Å². The first-order chi connectivity index (χ1) is 15.6. The van der Waals surface area contributed by atoms with E-state index in [4.69, 9.17) is 9.26 Å². The van der Waals surface area contributed by atoms with Gasteiger partial charge in [0.05, 0.1) is 12.7 Å². The first kappa shape index (κ1) is 22.8. The van der Waals surface area contributed by atoms with Crippen molar-refractivity contribution in [3.8, 4) is 5.75 Å². The summed E-state index contributed by atoms with van der Waals surface area (Å²) in [6.07, 6.45) is 0. The van der Waals surface area contributed by atoms with E-state index in [0.29, 0.717) is 22.6 Å². The molecule has 4 rings (SSSR count). The lowest BCUT2D eigenvalue weighted by Gasteiger charge is -2.24. The van der Waals surface area contributed by atoms with E-state index in [9.17, 15) is 14.7 Å². The number of carbonyl (C=O) groups is 2. The lowest BCUT2D eigenvalue weighted by Crippen LogP contribution is -2.30. The van der Waals surface area contributed by atoms with Gasteiger partial charge in [0.25, 0.3) is 5.78 Å². The number of hydrogen-bond acceptors (Lipinski definition) is 6. The third kappa shape index (κ3) is 4.06. The molecular weight excluding hydrogens is 488 g/mol. The number of rotatable bonds is 4. The molecule has 0 unspecified atom stereocenters. The van der Waals surface area contributed by atoms with Crippen LogP contribution in [0, 0.1) is 0 Å². The largest absolute Gasteiger partial charge is 0.507 e. The Bertz CT molecular complexity index is 1250. The van der Waals surface area contributed by atoms with Crippen LogP contribution in [0.3, 0.4) is 0 Å². The van der Waals surface area contributed by atoms with Gasteiger partial charge in [-0.1, -0.05) is 72.2 Å². The van der Waals surface area contributed by atoms with Crippen LogP contribution in [0.25, 0.3) is 5.76 Å². The highest BCUT2D eigenvalue weighted by molar-refractivity contribution is 9.10. The summed E-state index contributed by atoms with van der Waals surface area (Å²) in [4.78, 5) is 27.7. The Balaban J connectivity index is 1.96. The molecule has 170 valence electrons. The van der Waals surface area contributed by atoms with E-state index in [0.717, 1.165) is 4.47 Å². The van der Waals surface area contributed by atoms with Gasteiger partial charge in [-0.25, -0.2) is 0 Å². The monoisotopic (exact) mass is 510 g/mol. The van der Waals surface area contributed by atoms with Crippen LogP contribution in [0.5, 0.6) is 5.75 Å². The summed E-state index contributed by atoms with van der Waals surface area (Å²) in [6, 6.07) is 14.6. The standard InChI is InChI=1S/C25H23BrN2O5/c1-25(2,3)18-13-19(27-33-18)28-21(16-7-5-6-8-17(16)32-4)20(23(30)24(28)31)22(29)14-9-11-15(26)12-10-14/h5-13,21,29H,1-4H3/b22-20+/t21-/m0/s1. The number of aliphatic hydroxyl groups is 1. The fraction of sp³-hybridized carbons (Fsp3) is 0.240. The quantitative estimate of drug-likeness (QED) is 0.288. The average Bonchev–Trinajstić information content (AvgIpc) is 3.37. The van der Waals surface area contributed by atoms with Gasteiger partial charge in [0.15, 0.2) is 5.82 Å². The van der Waals surface area contributed by atoms with E-state index in [1.807, 2.05) is 20.8 Å². The Morgan fingerprint density at radius 1 is 1.12 bits per heavy atom. The van der Waals surface area contributed by atoms with E-state index < -0.39 is 17.7 Å². The molecule has 7 nitrogen and oxygen atoms in total. The number of ether oxygens (including phenoxy) is 1. The van der Waals surface area contributed by atoms with E-state index in [1.54, 1.807) is 54.6 Å². The molecule has 33 heavy (non-hydrogen) atoms. The molecule has 0 saturated carbocycles. The Morgan fingerprint density at radius 3 is 2.39 bits per heavy atom. The number of amides is 1. The Hall–Kier alpha value is -3.39. The van der Waals surface area contributed by atoms with E-state index in [-0.39, 0.29) is 22.6 Å². The maximum atomic E-state index is 13.2. The van der Waals surface area contributed by atoms with Crippen LogP contribution in [0.4, 0.5) is 5.82 Å². The zero-order valence-corrected chi connectivity index (χ0v) is 20.2. The molecule has 1 saturated heterocycles. The molecule has 1 N–H and O–H groups in total. The van der Waals surface area contributed by atoms with Gasteiger partial charge in [-0.05, 0) is 18.2 Å². The summed E-state index contributed by atoms with van der Waals surface area (Å²) >= 11 is 3.36. The summed E-state index contributed by atoms with van der Waals surface area (Å²) in [6.45, 7) is 5.87. The fourth-order valence-corrected chi connectivity index (χ4v) is 4.02. The van der Waals surface area contributed by atoms with Gasteiger partial charge in [-0.2, -0.15) is 0 Å². The van der Waals surface area contributed by atoms with Crippen molar-refractivity contribution < 1.29 is 24.0 Å². The number of hydrogen-bond donors (Lipinski definition) is 1. The Kier molecular flexibility index (Phi) is 5.88. The normalized spacial score (nSPS) is 18.1. The fourth-order valence-electron chi connectivity index (χ4n) is 3.75. The number of para-hydroxylation sites is 1. The highest BCUT2D eigenvalue weighted by atomic mass is 79.9. The molecule has 1 fully saturated rings. The number of nitrogens with zero attached hydrogens (tertiary/aromatic N) is 2. The summed E-state index contributed by atoms with van der Waals surface area (Å²) < 4.78 is 11.8. The molecule has 0 aliphatic carbocycles. The third-order valence-electron chi connectivity index (χ3n) is 5.48. The van der Waals surface area contributed by atoms with Crippen LogP contribution in [0.2, 0.25) is 0 Å². The molecule has 1 aliphatic rings. The zero-order chi connectivity index (χ0) is 23.9. The molecule has 1 atom stereocenters. The van der Waals surface area contributed by atoms with Crippen LogP contribution in [0.1, 0.15) is 43.7 Å². The maximum Gasteiger partial charge on any atom is 0.301 e. The Morgan fingerprint density at radius 2 is 1.79 bits per heavy atom. The highest BCUT2D eigenvalue weighted by Crippen LogP contribution is 2.45. The lowest BCUT2D eigenvalue weighted by molar-refractivity contribution is -0.132. The van der Waals surface area contributed by atoms with Crippen molar-refractivity contribution in [2.24, 2.45) is 0 Å². The molecular formula is C25H23BrN2O5. The second-order valence-corrected chi connectivity index (χ2v) is 9.63. The number of ketones is 1. The molecule has 1 aliphatic heterocycles. The highest BCUT2D eigenvalue weighted by Gasteiger charge is 2.49. The van der Waals surface area contributed by atoms with Crippen molar-refractivity contribution >= 4 is 39.2 Å². The van der Waals surface area contributed by atoms with Crippen molar-refractivity contribution in [2.45, 2.75) is 32.2 Å². The van der Waals surface area contributed by atoms with Gasteiger partial charge in [-0.15, -0.1) is 0 Å². The van der Waals surface area contributed by atoms with Crippen LogP contribution in [-0.2, 0) is 15.0 Å². The number of aliphatic hydroxyl groups excluding tert-OH is 1. The lowest BCUT2D eigenvalue weighted by atomic mass is 9.93. The SMILES string of the molecule is COc1ccccc1[C@H]1/C(=C(\O)c2ccc(Br)cc2)C(=O)C(=O)N1c1cc(C(C)(C)C)on1. The zero-order valence-electron chi connectivity index (χ0n) is 18.6. The maximum absolute atomic E-state index is 13.2. The first-order valence-corrected chi connectivity index (χ1v) is 11.1. The number of anilines is 1. The van der Waals surface area contributed by atoms with E-state index >= 15 is 0 Å². The third-order valence-corrected chi connectivity index (χ3v) is 6.01. The van der Waals surface area contributed by atoms with E-state index in [2.05, 4.69) is 21.1 Å². The summed E-state index contributed by atoms with van der Waals surface area (Å²) in [5, 5.41) is 15.3. The molecule has 0 spiro atoms. The minimum absolute atomic E-state index is 0.0490. The minimum Gasteiger partial charge on any atom is -0.507 e. The summed E-state index contributed by atoms with van der Waals surface area (Å²) in [5.41, 5.74) is 0.549. The Labute approximate surface area is 199 Å². The molecule has 2 aromatic carbocycles. The molecule has 1 aromatic heterocycles. The molecule has 0 bridgehead atoms. The van der Waals surface area contributed by atoms with Gasteiger partial charge in [-0.3, -0.25) is 14.5 Å². The molecule has 1 amide bonds. The predicted octanol–water partition coefficient (Wildman–Crippen LogP) is 5.37. The minimum atomic E-state index is -0.956. The van der Waals surface area contributed by atoms with Crippen molar-refractivity contribution in [3.05, 3.63) is 81.5 Å². The van der Waals surface area contributed by atoms with Crippen molar-refractivity contribution in [3.63, 3.8) is 0 Å². The van der Waals surface area contributed by atoms with Crippen molar-refractivity contribution in [2.75, 3.05) is 12.0 Å². The van der Waals surface area contributed by atoms with Gasteiger partial charge in [0.1, 0.15) is 23.3 Å². The van der Waals surface area contributed by atoms with Crippen molar-refractivity contribution in [1.29, 1.82) is 0 Å². The first-order valence-electron chi connectivity index (χ1n) is 10.3.